The predicted molar refractivity (Wildman–Crippen MR) is 72.0 cm³/mol. The molecule has 4 nitrogen and oxygen atoms in total. The fourth-order valence-electron chi connectivity index (χ4n) is 2.72. The summed E-state index contributed by atoms with van der Waals surface area (Å²) in [5, 5.41) is 18.1. The Balaban J connectivity index is 2.26. The summed E-state index contributed by atoms with van der Waals surface area (Å²) in [7, 11) is 0. The van der Waals surface area contributed by atoms with Gasteiger partial charge in [-0.05, 0) is 30.0 Å². The SMILES string of the molecule is C=CCN(CC1CCc2c1ccc(F)c2C#N)C(=O)O. The van der Waals surface area contributed by atoms with Crippen molar-refractivity contribution in [1.29, 1.82) is 5.26 Å². The first-order valence-corrected chi connectivity index (χ1v) is 6.38. The van der Waals surface area contributed by atoms with Gasteiger partial charge < -0.3 is 10.0 Å². The number of hydrogen-bond donors (Lipinski definition) is 1. The molecule has 1 amide bonds. The lowest BCUT2D eigenvalue weighted by Gasteiger charge is -2.22. The summed E-state index contributed by atoms with van der Waals surface area (Å²) in [5.74, 6) is -0.498. The van der Waals surface area contributed by atoms with Crippen molar-refractivity contribution in [1.82, 2.24) is 4.90 Å². The molecule has 0 bridgehead atoms. The minimum absolute atomic E-state index is 0.00810. The maximum absolute atomic E-state index is 13.5. The van der Waals surface area contributed by atoms with Crippen LogP contribution < -0.4 is 0 Å². The van der Waals surface area contributed by atoms with E-state index in [1.807, 2.05) is 6.07 Å². The summed E-state index contributed by atoms with van der Waals surface area (Å²) in [5.41, 5.74) is 1.70. The molecule has 0 saturated carbocycles. The van der Waals surface area contributed by atoms with Crippen LogP contribution in [0.5, 0.6) is 0 Å². The van der Waals surface area contributed by atoms with Crippen LogP contribution >= 0.6 is 0 Å². The Morgan fingerprint density at radius 1 is 1.65 bits per heavy atom. The summed E-state index contributed by atoms with van der Waals surface area (Å²) in [4.78, 5) is 12.4. The highest BCUT2D eigenvalue weighted by atomic mass is 19.1. The van der Waals surface area contributed by atoms with Crippen LogP contribution in [0.2, 0.25) is 0 Å². The number of carbonyl (C=O) groups is 1. The van der Waals surface area contributed by atoms with Crippen LogP contribution in [-0.4, -0.2) is 29.2 Å². The lowest BCUT2D eigenvalue weighted by molar-refractivity contribution is 0.147. The van der Waals surface area contributed by atoms with Gasteiger partial charge in [-0.15, -0.1) is 6.58 Å². The number of nitriles is 1. The maximum atomic E-state index is 13.5. The summed E-state index contributed by atoms with van der Waals surface area (Å²) in [6, 6.07) is 4.85. The zero-order chi connectivity index (χ0) is 14.7. The summed E-state index contributed by atoms with van der Waals surface area (Å²) in [6.07, 6.45) is 1.88. The second-order valence-electron chi connectivity index (χ2n) is 4.81. The third kappa shape index (κ3) is 2.50. The van der Waals surface area contributed by atoms with Gasteiger partial charge in [-0.3, -0.25) is 0 Å². The third-order valence-corrected chi connectivity index (χ3v) is 3.65. The Hall–Kier alpha value is -2.35. The van der Waals surface area contributed by atoms with Crippen molar-refractivity contribution in [2.45, 2.75) is 18.8 Å². The molecule has 1 unspecified atom stereocenters. The van der Waals surface area contributed by atoms with Crippen molar-refractivity contribution in [3.8, 4) is 6.07 Å². The molecule has 5 heteroatoms. The van der Waals surface area contributed by atoms with E-state index in [9.17, 15) is 9.18 Å². The van der Waals surface area contributed by atoms with Crippen LogP contribution in [0.15, 0.2) is 24.8 Å². The van der Waals surface area contributed by atoms with E-state index < -0.39 is 11.9 Å². The van der Waals surface area contributed by atoms with Gasteiger partial charge in [0.15, 0.2) is 0 Å². The smallest absolute Gasteiger partial charge is 0.407 e. The number of fused-ring (bicyclic) bond motifs is 1. The zero-order valence-electron chi connectivity index (χ0n) is 11.0. The Kier molecular flexibility index (Phi) is 4.04. The molecular weight excluding hydrogens is 259 g/mol. The average Bonchev–Trinajstić information content (AvgIpc) is 2.81. The fourth-order valence-corrected chi connectivity index (χ4v) is 2.72. The Bertz CT molecular complexity index is 592. The van der Waals surface area contributed by atoms with E-state index in [4.69, 9.17) is 10.4 Å². The van der Waals surface area contributed by atoms with E-state index in [-0.39, 0.29) is 18.0 Å². The standard InChI is InChI=1S/C15H15FN2O2/c1-2-7-18(15(19)20)9-10-3-4-12-11(10)5-6-14(16)13(12)8-17/h2,5-6,10H,1,3-4,7,9H2,(H,19,20). The maximum Gasteiger partial charge on any atom is 0.407 e. The van der Waals surface area contributed by atoms with Crippen LogP contribution in [0.25, 0.3) is 0 Å². The fraction of sp³-hybridized carbons (Fsp3) is 0.333. The van der Waals surface area contributed by atoms with E-state index in [2.05, 4.69) is 6.58 Å². The van der Waals surface area contributed by atoms with Crippen LogP contribution in [0, 0.1) is 17.1 Å². The molecule has 20 heavy (non-hydrogen) atoms. The molecule has 0 saturated heterocycles. The van der Waals surface area contributed by atoms with Gasteiger partial charge in [-0.2, -0.15) is 5.26 Å². The Labute approximate surface area is 116 Å². The molecule has 0 fully saturated rings. The monoisotopic (exact) mass is 274 g/mol. The molecule has 1 aromatic carbocycles. The number of carboxylic acid groups (broad SMARTS) is 1. The van der Waals surface area contributed by atoms with Crippen molar-refractivity contribution in [2.75, 3.05) is 13.1 Å². The van der Waals surface area contributed by atoms with Gasteiger partial charge in [0.2, 0.25) is 0 Å². The summed E-state index contributed by atoms with van der Waals surface area (Å²) < 4.78 is 13.5. The number of benzene rings is 1. The number of hydrogen-bond acceptors (Lipinski definition) is 2. The Morgan fingerprint density at radius 3 is 3.00 bits per heavy atom. The van der Waals surface area contributed by atoms with Gasteiger partial charge in [0, 0.05) is 19.0 Å². The van der Waals surface area contributed by atoms with Crippen molar-refractivity contribution in [3.05, 3.63) is 47.3 Å². The highest BCUT2D eigenvalue weighted by Crippen LogP contribution is 2.36. The molecule has 1 aliphatic rings. The molecule has 104 valence electrons. The highest BCUT2D eigenvalue weighted by molar-refractivity contribution is 5.65. The molecule has 1 aliphatic carbocycles. The first-order valence-electron chi connectivity index (χ1n) is 6.38. The molecule has 1 atom stereocenters. The number of rotatable bonds is 4. The third-order valence-electron chi connectivity index (χ3n) is 3.65. The van der Waals surface area contributed by atoms with Gasteiger partial charge in [-0.25, -0.2) is 9.18 Å². The van der Waals surface area contributed by atoms with Gasteiger partial charge in [0.1, 0.15) is 11.9 Å². The molecule has 0 heterocycles. The van der Waals surface area contributed by atoms with Crippen molar-refractivity contribution < 1.29 is 14.3 Å². The first-order chi connectivity index (χ1) is 9.58. The van der Waals surface area contributed by atoms with Gasteiger partial charge in [0.05, 0.1) is 5.56 Å². The van der Waals surface area contributed by atoms with Crippen LogP contribution in [0.1, 0.15) is 29.0 Å². The molecule has 0 aromatic heterocycles. The summed E-state index contributed by atoms with van der Waals surface area (Å²) in [6.45, 7) is 4.14. The van der Waals surface area contributed by atoms with E-state index in [1.54, 1.807) is 6.07 Å². The molecule has 0 spiro atoms. The van der Waals surface area contributed by atoms with Crippen LogP contribution in [-0.2, 0) is 6.42 Å². The Morgan fingerprint density at radius 2 is 2.40 bits per heavy atom. The van der Waals surface area contributed by atoms with E-state index in [0.29, 0.717) is 13.0 Å². The van der Waals surface area contributed by atoms with Crippen molar-refractivity contribution in [3.63, 3.8) is 0 Å². The predicted octanol–water partition coefficient (Wildman–Crippen LogP) is 2.89. The van der Waals surface area contributed by atoms with Gasteiger partial charge >= 0.3 is 6.09 Å². The highest BCUT2D eigenvalue weighted by Gasteiger charge is 2.28. The van der Waals surface area contributed by atoms with Gasteiger partial charge in [-0.1, -0.05) is 12.1 Å². The first kappa shape index (κ1) is 14.1. The lowest BCUT2D eigenvalue weighted by Crippen LogP contribution is -2.33. The van der Waals surface area contributed by atoms with E-state index in [1.165, 1.54) is 17.0 Å². The average molecular weight is 274 g/mol. The topological polar surface area (TPSA) is 64.3 Å². The number of halogens is 1. The van der Waals surface area contributed by atoms with Crippen molar-refractivity contribution in [2.24, 2.45) is 0 Å². The lowest BCUT2D eigenvalue weighted by atomic mass is 9.98. The van der Waals surface area contributed by atoms with E-state index >= 15 is 0 Å². The number of nitrogens with zero attached hydrogens (tertiary/aromatic N) is 2. The quantitative estimate of drug-likeness (QED) is 0.858. The molecule has 0 aliphatic heterocycles. The number of amides is 1. The van der Waals surface area contributed by atoms with E-state index in [0.717, 1.165) is 17.5 Å². The largest absolute Gasteiger partial charge is 0.465 e. The molecular formula is C15H15FN2O2. The zero-order valence-corrected chi connectivity index (χ0v) is 11.0. The minimum Gasteiger partial charge on any atom is -0.465 e. The minimum atomic E-state index is -0.999. The summed E-state index contributed by atoms with van der Waals surface area (Å²) >= 11 is 0. The normalized spacial score (nSPS) is 16.3. The van der Waals surface area contributed by atoms with Crippen LogP contribution in [0.4, 0.5) is 9.18 Å². The van der Waals surface area contributed by atoms with Crippen LogP contribution in [0.3, 0.4) is 0 Å². The molecule has 0 radical (unpaired) electrons. The van der Waals surface area contributed by atoms with Crippen molar-refractivity contribution >= 4 is 6.09 Å². The molecule has 1 N–H and O–H groups in total. The van der Waals surface area contributed by atoms with Gasteiger partial charge in [0.25, 0.3) is 0 Å². The second-order valence-corrected chi connectivity index (χ2v) is 4.81. The second kappa shape index (κ2) is 5.74. The molecule has 2 rings (SSSR count). The molecule has 1 aromatic rings.